The van der Waals surface area contributed by atoms with Crippen LogP contribution in [0.15, 0.2) is 42.5 Å². The third-order valence-corrected chi connectivity index (χ3v) is 4.62. The summed E-state index contributed by atoms with van der Waals surface area (Å²) in [5.74, 6) is 0.861. The highest BCUT2D eigenvalue weighted by Crippen LogP contribution is 2.26. The van der Waals surface area contributed by atoms with Crippen molar-refractivity contribution in [3.05, 3.63) is 42.5 Å². The van der Waals surface area contributed by atoms with Crippen LogP contribution in [-0.4, -0.2) is 25.6 Å². The van der Waals surface area contributed by atoms with Crippen LogP contribution in [0.2, 0.25) is 0 Å². The van der Waals surface area contributed by atoms with Crippen LogP contribution in [0.5, 0.6) is 5.75 Å². The molecular formula is C19H27ClN2O2. The molecule has 2 aromatic rings. The molecular weight excluding hydrogens is 324 g/mol. The Morgan fingerprint density at radius 2 is 1.79 bits per heavy atom. The summed E-state index contributed by atoms with van der Waals surface area (Å²) in [7, 11) is 0. The van der Waals surface area contributed by atoms with E-state index < -0.39 is 5.41 Å². The molecule has 0 aliphatic rings. The predicted molar refractivity (Wildman–Crippen MR) is 102 cm³/mol. The number of ether oxygens (including phenoxy) is 1. The Morgan fingerprint density at radius 1 is 1.12 bits per heavy atom. The Labute approximate surface area is 150 Å². The third-order valence-electron chi connectivity index (χ3n) is 4.62. The van der Waals surface area contributed by atoms with Gasteiger partial charge in [-0.2, -0.15) is 0 Å². The first-order chi connectivity index (χ1) is 11.2. The molecule has 0 saturated heterocycles. The first kappa shape index (κ1) is 20.3. The normalized spacial score (nSPS) is 11.0. The Balaban J connectivity index is 0.00000288. The SMILES string of the molecule is CCC(CC)(CN)C(=O)NCCOc1cccc2ccccc12.Cl. The van der Waals surface area contributed by atoms with Gasteiger partial charge in [0.25, 0.3) is 0 Å². The number of fused-ring (bicyclic) bond motifs is 1. The maximum absolute atomic E-state index is 12.3. The average Bonchev–Trinajstić information content (AvgIpc) is 2.61. The topological polar surface area (TPSA) is 64.4 Å². The van der Waals surface area contributed by atoms with E-state index in [0.717, 1.165) is 29.4 Å². The third kappa shape index (κ3) is 4.40. The Kier molecular flexibility index (Phi) is 8.02. The van der Waals surface area contributed by atoms with Crippen molar-refractivity contribution in [1.82, 2.24) is 5.32 Å². The molecule has 5 heteroatoms. The van der Waals surface area contributed by atoms with E-state index in [1.54, 1.807) is 0 Å². The summed E-state index contributed by atoms with van der Waals surface area (Å²) < 4.78 is 5.84. The number of amides is 1. The van der Waals surface area contributed by atoms with Crippen molar-refractivity contribution in [2.24, 2.45) is 11.1 Å². The van der Waals surface area contributed by atoms with Crippen LogP contribution in [-0.2, 0) is 4.79 Å². The van der Waals surface area contributed by atoms with Crippen molar-refractivity contribution >= 4 is 29.1 Å². The fraction of sp³-hybridized carbons (Fsp3) is 0.421. The summed E-state index contributed by atoms with van der Waals surface area (Å²) >= 11 is 0. The molecule has 0 unspecified atom stereocenters. The van der Waals surface area contributed by atoms with Crippen LogP contribution in [0, 0.1) is 5.41 Å². The van der Waals surface area contributed by atoms with Gasteiger partial charge in [0.05, 0.1) is 12.0 Å². The summed E-state index contributed by atoms with van der Waals surface area (Å²) in [4.78, 5) is 12.3. The van der Waals surface area contributed by atoms with Gasteiger partial charge in [0.2, 0.25) is 5.91 Å². The number of carbonyl (C=O) groups is 1. The zero-order valence-electron chi connectivity index (χ0n) is 14.4. The molecule has 4 nitrogen and oxygen atoms in total. The summed E-state index contributed by atoms with van der Waals surface area (Å²) in [6.45, 7) is 5.29. The smallest absolute Gasteiger partial charge is 0.227 e. The van der Waals surface area contributed by atoms with Gasteiger partial charge < -0.3 is 15.8 Å². The van der Waals surface area contributed by atoms with Crippen molar-refractivity contribution < 1.29 is 9.53 Å². The lowest BCUT2D eigenvalue weighted by Crippen LogP contribution is -2.46. The van der Waals surface area contributed by atoms with E-state index in [1.165, 1.54) is 0 Å². The molecule has 0 aromatic heterocycles. The van der Waals surface area contributed by atoms with E-state index in [4.69, 9.17) is 10.5 Å². The summed E-state index contributed by atoms with van der Waals surface area (Å²) in [6.07, 6.45) is 1.49. The van der Waals surface area contributed by atoms with E-state index in [2.05, 4.69) is 17.4 Å². The molecule has 2 aromatic carbocycles. The highest BCUT2D eigenvalue weighted by atomic mass is 35.5. The number of hydrogen-bond acceptors (Lipinski definition) is 3. The van der Waals surface area contributed by atoms with Gasteiger partial charge in [0, 0.05) is 11.9 Å². The van der Waals surface area contributed by atoms with Crippen LogP contribution in [0.3, 0.4) is 0 Å². The number of hydrogen-bond donors (Lipinski definition) is 2. The second-order valence-electron chi connectivity index (χ2n) is 5.77. The minimum absolute atomic E-state index is 0. The van der Waals surface area contributed by atoms with Gasteiger partial charge in [-0.15, -0.1) is 12.4 Å². The molecule has 2 rings (SSSR count). The van der Waals surface area contributed by atoms with Gasteiger partial charge in [-0.05, 0) is 24.3 Å². The first-order valence-electron chi connectivity index (χ1n) is 8.25. The lowest BCUT2D eigenvalue weighted by Gasteiger charge is -2.28. The molecule has 0 saturated carbocycles. The quantitative estimate of drug-likeness (QED) is 0.716. The number of halogens is 1. The second-order valence-corrected chi connectivity index (χ2v) is 5.77. The zero-order valence-corrected chi connectivity index (χ0v) is 15.2. The molecule has 0 bridgehead atoms. The first-order valence-corrected chi connectivity index (χ1v) is 8.25. The van der Waals surface area contributed by atoms with Crippen LogP contribution in [0.25, 0.3) is 10.8 Å². The van der Waals surface area contributed by atoms with Gasteiger partial charge >= 0.3 is 0 Å². The molecule has 3 N–H and O–H groups in total. The molecule has 24 heavy (non-hydrogen) atoms. The molecule has 0 atom stereocenters. The summed E-state index contributed by atoms with van der Waals surface area (Å²) in [6, 6.07) is 14.1. The Hall–Kier alpha value is -1.78. The van der Waals surface area contributed by atoms with E-state index in [1.807, 2.05) is 44.2 Å². The van der Waals surface area contributed by atoms with Gasteiger partial charge in [-0.25, -0.2) is 0 Å². The highest BCUT2D eigenvalue weighted by Gasteiger charge is 2.32. The molecule has 132 valence electrons. The van der Waals surface area contributed by atoms with Gasteiger partial charge in [0.15, 0.2) is 0 Å². The van der Waals surface area contributed by atoms with E-state index in [-0.39, 0.29) is 18.3 Å². The number of nitrogens with one attached hydrogen (secondary N) is 1. The van der Waals surface area contributed by atoms with Crippen molar-refractivity contribution in [2.45, 2.75) is 26.7 Å². The molecule has 0 aliphatic carbocycles. The monoisotopic (exact) mass is 350 g/mol. The summed E-state index contributed by atoms with van der Waals surface area (Å²) in [5, 5.41) is 5.18. The fourth-order valence-electron chi connectivity index (χ4n) is 2.79. The number of rotatable bonds is 8. The lowest BCUT2D eigenvalue weighted by molar-refractivity contribution is -0.131. The van der Waals surface area contributed by atoms with Gasteiger partial charge in [-0.1, -0.05) is 50.2 Å². The Morgan fingerprint density at radius 3 is 2.46 bits per heavy atom. The summed E-state index contributed by atoms with van der Waals surface area (Å²) in [5.41, 5.74) is 5.34. The van der Waals surface area contributed by atoms with E-state index in [0.29, 0.717) is 19.7 Å². The average molecular weight is 351 g/mol. The largest absolute Gasteiger partial charge is 0.491 e. The molecule has 0 spiro atoms. The number of carbonyl (C=O) groups excluding carboxylic acids is 1. The predicted octanol–water partition coefficient (Wildman–Crippen LogP) is 3.52. The second kappa shape index (κ2) is 9.50. The molecule has 1 amide bonds. The number of benzene rings is 2. The molecule has 0 heterocycles. The molecule has 0 aliphatic heterocycles. The fourth-order valence-corrected chi connectivity index (χ4v) is 2.79. The van der Waals surface area contributed by atoms with Crippen LogP contribution < -0.4 is 15.8 Å². The van der Waals surface area contributed by atoms with Gasteiger partial charge in [0.1, 0.15) is 12.4 Å². The zero-order chi connectivity index (χ0) is 16.7. The van der Waals surface area contributed by atoms with Gasteiger partial charge in [-0.3, -0.25) is 4.79 Å². The maximum atomic E-state index is 12.3. The van der Waals surface area contributed by atoms with E-state index >= 15 is 0 Å². The van der Waals surface area contributed by atoms with Crippen molar-refractivity contribution in [3.63, 3.8) is 0 Å². The van der Waals surface area contributed by atoms with Crippen molar-refractivity contribution in [1.29, 1.82) is 0 Å². The maximum Gasteiger partial charge on any atom is 0.227 e. The minimum atomic E-state index is -0.459. The van der Waals surface area contributed by atoms with Crippen LogP contribution >= 0.6 is 12.4 Å². The minimum Gasteiger partial charge on any atom is -0.491 e. The van der Waals surface area contributed by atoms with Crippen LogP contribution in [0.1, 0.15) is 26.7 Å². The van der Waals surface area contributed by atoms with Crippen molar-refractivity contribution in [2.75, 3.05) is 19.7 Å². The highest BCUT2D eigenvalue weighted by molar-refractivity contribution is 5.88. The van der Waals surface area contributed by atoms with E-state index in [9.17, 15) is 4.79 Å². The lowest BCUT2D eigenvalue weighted by atomic mass is 9.81. The Bertz CT molecular complexity index is 643. The van der Waals surface area contributed by atoms with Crippen molar-refractivity contribution in [3.8, 4) is 5.75 Å². The molecule has 0 fully saturated rings. The van der Waals surface area contributed by atoms with Crippen LogP contribution in [0.4, 0.5) is 0 Å². The standard InChI is InChI=1S/C19H26N2O2.ClH/c1-3-19(4-2,14-20)18(22)21-12-13-23-17-11-7-9-15-8-5-6-10-16(15)17;/h5-11H,3-4,12-14,20H2,1-2H3,(H,21,22);1H. The number of nitrogens with two attached hydrogens (primary N) is 1. The molecule has 0 radical (unpaired) electrons.